The molecule has 2 aromatic rings. The van der Waals surface area contributed by atoms with Gasteiger partial charge in [0.1, 0.15) is 0 Å². The van der Waals surface area contributed by atoms with Crippen LogP contribution in [0.2, 0.25) is 0 Å². The van der Waals surface area contributed by atoms with E-state index in [0.29, 0.717) is 17.8 Å². The highest BCUT2D eigenvalue weighted by atomic mass is 32.1. The SMILES string of the molecule is Cc1ccc(CCNC(=O)c2ccccc2N2CCC(=O)NC2=O)s1. The summed E-state index contributed by atoms with van der Waals surface area (Å²) in [5.41, 5.74) is 0.936. The number of benzene rings is 1. The molecule has 0 spiro atoms. The van der Waals surface area contributed by atoms with Gasteiger partial charge < -0.3 is 5.32 Å². The van der Waals surface area contributed by atoms with Gasteiger partial charge in [-0.1, -0.05) is 12.1 Å². The number of hydrogen-bond donors (Lipinski definition) is 2. The van der Waals surface area contributed by atoms with Gasteiger partial charge in [-0.3, -0.25) is 19.8 Å². The standard InChI is InChI=1S/C18H19N3O3S/c1-12-6-7-13(25-12)8-10-19-17(23)14-4-2-3-5-15(14)21-11-9-16(22)20-18(21)24/h2-7H,8-11H2,1H3,(H,19,23)(H,20,22,24). The molecule has 25 heavy (non-hydrogen) atoms. The molecule has 2 heterocycles. The van der Waals surface area contributed by atoms with Crippen molar-refractivity contribution >= 4 is 34.9 Å². The molecule has 0 unspecified atom stereocenters. The molecule has 0 aliphatic carbocycles. The van der Waals surface area contributed by atoms with Crippen molar-refractivity contribution < 1.29 is 14.4 Å². The van der Waals surface area contributed by atoms with Gasteiger partial charge in [0.2, 0.25) is 5.91 Å². The maximum atomic E-state index is 12.5. The third kappa shape index (κ3) is 4.06. The van der Waals surface area contributed by atoms with E-state index in [4.69, 9.17) is 0 Å². The fourth-order valence-electron chi connectivity index (χ4n) is 2.71. The molecule has 0 atom stereocenters. The maximum Gasteiger partial charge on any atom is 0.328 e. The second-order valence-corrected chi connectivity index (χ2v) is 7.16. The predicted octanol–water partition coefficient (Wildman–Crippen LogP) is 2.48. The summed E-state index contributed by atoms with van der Waals surface area (Å²) < 4.78 is 0. The topological polar surface area (TPSA) is 78.5 Å². The number of urea groups is 1. The first-order valence-corrected chi connectivity index (χ1v) is 8.90. The minimum Gasteiger partial charge on any atom is -0.352 e. The van der Waals surface area contributed by atoms with Crippen molar-refractivity contribution in [3.8, 4) is 0 Å². The van der Waals surface area contributed by atoms with Gasteiger partial charge in [-0.25, -0.2) is 4.79 Å². The van der Waals surface area contributed by atoms with Crippen molar-refractivity contribution in [1.82, 2.24) is 10.6 Å². The lowest BCUT2D eigenvalue weighted by Crippen LogP contribution is -2.50. The molecule has 0 radical (unpaired) electrons. The van der Waals surface area contributed by atoms with Gasteiger partial charge in [-0.05, 0) is 37.6 Å². The van der Waals surface area contributed by atoms with E-state index < -0.39 is 6.03 Å². The van der Waals surface area contributed by atoms with Crippen molar-refractivity contribution in [2.24, 2.45) is 0 Å². The number of rotatable bonds is 5. The molecule has 4 amide bonds. The van der Waals surface area contributed by atoms with Crippen LogP contribution in [-0.4, -0.2) is 30.9 Å². The van der Waals surface area contributed by atoms with Gasteiger partial charge in [0.25, 0.3) is 5.91 Å². The molecule has 1 fully saturated rings. The summed E-state index contributed by atoms with van der Waals surface area (Å²) in [5.74, 6) is -0.525. The average molecular weight is 357 g/mol. The van der Waals surface area contributed by atoms with E-state index in [2.05, 4.69) is 29.7 Å². The number of anilines is 1. The van der Waals surface area contributed by atoms with E-state index in [-0.39, 0.29) is 24.8 Å². The Kier molecular flexibility index (Phi) is 5.14. The molecule has 0 bridgehead atoms. The number of imide groups is 1. The fourth-order valence-corrected chi connectivity index (χ4v) is 3.60. The van der Waals surface area contributed by atoms with Crippen molar-refractivity contribution in [2.75, 3.05) is 18.0 Å². The van der Waals surface area contributed by atoms with Crippen LogP contribution in [0.25, 0.3) is 0 Å². The molecule has 1 saturated heterocycles. The summed E-state index contributed by atoms with van der Waals surface area (Å²) in [6, 6.07) is 10.6. The van der Waals surface area contributed by atoms with E-state index in [1.54, 1.807) is 35.6 Å². The fraction of sp³-hybridized carbons (Fsp3) is 0.278. The maximum absolute atomic E-state index is 12.5. The third-order valence-electron chi connectivity index (χ3n) is 3.95. The van der Waals surface area contributed by atoms with Crippen LogP contribution in [0.15, 0.2) is 36.4 Å². The molecule has 7 heteroatoms. The first-order valence-electron chi connectivity index (χ1n) is 8.08. The van der Waals surface area contributed by atoms with Gasteiger partial charge in [0.15, 0.2) is 0 Å². The molecule has 1 aliphatic heterocycles. The van der Waals surface area contributed by atoms with Crippen LogP contribution < -0.4 is 15.5 Å². The van der Waals surface area contributed by atoms with E-state index in [1.165, 1.54) is 14.7 Å². The number of nitrogens with one attached hydrogen (secondary N) is 2. The number of thiophene rings is 1. The van der Waals surface area contributed by atoms with Gasteiger partial charge in [0, 0.05) is 29.3 Å². The van der Waals surface area contributed by atoms with Crippen molar-refractivity contribution in [1.29, 1.82) is 0 Å². The Morgan fingerprint density at radius 1 is 1.24 bits per heavy atom. The van der Waals surface area contributed by atoms with E-state index in [0.717, 1.165) is 6.42 Å². The Bertz CT molecular complexity index is 815. The zero-order valence-corrected chi connectivity index (χ0v) is 14.7. The zero-order valence-electron chi connectivity index (χ0n) is 13.9. The smallest absolute Gasteiger partial charge is 0.328 e. The molecule has 0 saturated carbocycles. The lowest BCUT2D eigenvalue weighted by Gasteiger charge is -2.28. The third-order valence-corrected chi connectivity index (χ3v) is 5.01. The van der Waals surface area contributed by atoms with Crippen LogP contribution in [0.5, 0.6) is 0 Å². The molecule has 1 aliphatic rings. The molecule has 130 valence electrons. The summed E-state index contributed by atoms with van der Waals surface area (Å²) in [5, 5.41) is 5.18. The highest BCUT2D eigenvalue weighted by Crippen LogP contribution is 2.22. The van der Waals surface area contributed by atoms with Gasteiger partial charge >= 0.3 is 6.03 Å². The molecule has 3 rings (SSSR count). The normalized spacial score (nSPS) is 14.4. The highest BCUT2D eigenvalue weighted by molar-refractivity contribution is 7.11. The van der Waals surface area contributed by atoms with Crippen molar-refractivity contribution in [3.63, 3.8) is 0 Å². The largest absolute Gasteiger partial charge is 0.352 e. The van der Waals surface area contributed by atoms with Crippen molar-refractivity contribution in [3.05, 3.63) is 51.7 Å². The van der Waals surface area contributed by atoms with Crippen LogP contribution in [0.4, 0.5) is 10.5 Å². The van der Waals surface area contributed by atoms with Gasteiger partial charge in [-0.15, -0.1) is 11.3 Å². The second kappa shape index (κ2) is 7.48. The van der Waals surface area contributed by atoms with Crippen LogP contribution in [-0.2, 0) is 11.2 Å². The first-order chi connectivity index (χ1) is 12.0. The average Bonchev–Trinajstić information content (AvgIpc) is 3.00. The number of aryl methyl sites for hydroxylation is 1. The Balaban J connectivity index is 1.68. The molecule has 2 N–H and O–H groups in total. The summed E-state index contributed by atoms with van der Waals surface area (Å²) in [6.07, 6.45) is 0.991. The number of nitrogens with zero attached hydrogens (tertiary/aromatic N) is 1. The highest BCUT2D eigenvalue weighted by Gasteiger charge is 2.27. The van der Waals surface area contributed by atoms with Crippen LogP contribution >= 0.6 is 11.3 Å². The summed E-state index contributed by atoms with van der Waals surface area (Å²) >= 11 is 1.72. The Morgan fingerprint density at radius 3 is 2.76 bits per heavy atom. The van der Waals surface area contributed by atoms with Crippen LogP contribution in [0.1, 0.15) is 26.5 Å². The lowest BCUT2D eigenvalue weighted by molar-refractivity contribution is -0.120. The Labute approximate surface area is 149 Å². The number of hydrogen-bond acceptors (Lipinski definition) is 4. The minimum atomic E-state index is -0.495. The molecular formula is C18H19N3O3S. The van der Waals surface area contributed by atoms with Crippen LogP contribution in [0, 0.1) is 6.92 Å². The summed E-state index contributed by atoms with van der Waals surface area (Å²) in [7, 11) is 0. The molecule has 1 aromatic heterocycles. The lowest BCUT2D eigenvalue weighted by atomic mass is 10.1. The minimum absolute atomic E-state index is 0.222. The Morgan fingerprint density at radius 2 is 2.04 bits per heavy atom. The van der Waals surface area contributed by atoms with Gasteiger partial charge in [-0.2, -0.15) is 0 Å². The monoisotopic (exact) mass is 357 g/mol. The van der Waals surface area contributed by atoms with E-state index >= 15 is 0 Å². The second-order valence-electron chi connectivity index (χ2n) is 5.79. The molecule has 1 aromatic carbocycles. The quantitative estimate of drug-likeness (QED) is 0.863. The number of carbonyl (C=O) groups is 3. The number of carbonyl (C=O) groups excluding carboxylic acids is 3. The summed E-state index contributed by atoms with van der Waals surface area (Å²) in [4.78, 5) is 39.8. The summed E-state index contributed by atoms with van der Waals surface area (Å²) in [6.45, 7) is 2.85. The molecular weight excluding hydrogens is 338 g/mol. The Hall–Kier alpha value is -2.67. The predicted molar refractivity (Wildman–Crippen MR) is 97.0 cm³/mol. The number of amides is 4. The van der Waals surface area contributed by atoms with Crippen molar-refractivity contribution in [2.45, 2.75) is 19.8 Å². The van der Waals surface area contributed by atoms with E-state index in [9.17, 15) is 14.4 Å². The van der Waals surface area contributed by atoms with Crippen LogP contribution in [0.3, 0.4) is 0 Å². The number of para-hydroxylation sites is 1. The van der Waals surface area contributed by atoms with Gasteiger partial charge in [0.05, 0.1) is 11.3 Å². The first kappa shape index (κ1) is 17.2. The van der Waals surface area contributed by atoms with E-state index in [1.807, 2.05) is 0 Å². The molecule has 6 nitrogen and oxygen atoms in total. The zero-order chi connectivity index (χ0) is 17.8.